The van der Waals surface area contributed by atoms with Crippen LogP contribution in [0.4, 0.5) is 0 Å². The Hall–Kier alpha value is -5.20. The van der Waals surface area contributed by atoms with Gasteiger partial charge in [0.05, 0.1) is 13.2 Å². The summed E-state index contributed by atoms with van der Waals surface area (Å²) in [5.41, 5.74) is 6.57. The van der Waals surface area contributed by atoms with Crippen LogP contribution in [0.15, 0.2) is 60.7 Å². The molecule has 8 rings (SSSR count). The van der Waals surface area contributed by atoms with Crippen LogP contribution >= 0.6 is 23.2 Å². The molecule has 14 heteroatoms. The number of aryl methyl sites for hydroxylation is 2. The highest BCUT2D eigenvalue weighted by molar-refractivity contribution is 6.31. The Kier molecular flexibility index (Phi) is 18.7. The Morgan fingerprint density at radius 2 is 0.988 bits per heavy atom. The number of rotatable bonds is 21. The van der Waals surface area contributed by atoms with E-state index in [9.17, 15) is 19.8 Å². The number of ether oxygens (including phenoxy) is 2. The zero-order valence-corrected chi connectivity index (χ0v) is 53.5. The third kappa shape index (κ3) is 15.8. The van der Waals surface area contributed by atoms with Gasteiger partial charge < -0.3 is 19.7 Å². The number of nitrogens with zero attached hydrogens (tertiary/aromatic N) is 6. The van der Waals surface area contributed by atoms with Gasteiger partial charge in [0.2, 0.25) is 0 Å². The Morgan fingerprint density at radius 3 is 1.48 bits per heavy atom. The van der Waals surface area contributed by atoms with Crippen molar-refractivity contribution in [3.05, 3.63) is 93.0 Å². The van der Waals surface area contributed by atoms with Gasteiger partial charge in [0.1, 0.15) is 44.9 Å². The third-order valence-corrected chi connectivity index (χ3v) is 19.0. The van der Waals surface area contributed by atoms with E-state index < -0.39 is 0 Å². The average molecular weight is 1160 g/mol. The van der Waals surface area contributed by atoms with Crippen molar-refractivity contribution in [2.45, 2.75) is 205 Å². The molecule has 446 valence electrons. The van der Waals surface area contributed by atoms with Crippen molar-refractivity contribution >= 4 is 57.2 Å². The third-order valence-electron chi connectivity index (χ3n) is 18.5. The van der Waals surface area contributed by atoms with Gasteiger partial charge in [-0.2, -0.15) is 0 Å². The second-order valence-corrected chi connectivity index (χ2v) is 31.0. The summed E-state index contributed by atoms with van der Waals surface area (Å²) in [6.07, 6.45) is 12.7. The zero-order valence-electron chi connectivity index (χ0n) is 51.9. The second-order valence-electron chi connectivity index (χ2n) is 30.1. The summed E-state index contributed by atoms with van der Waals surface area (Å²) >= 11 is 12.5. The van der Waals surface area contributed by atoms with Crippen LogP contribution in [0, 0.1) is 51.2 Å². The van der Waals surface area contributed by atoms with Gasteiger partial charge in [-0.05, 0) is 186 Å². The number of fused-ring (bicyclic) bond motifs is 2. The molecule has 0 spiro atoms. The Bertz CT molecular complexity index is 3240. The number of aromatic nitrogens is 6. The lowest BCUT2D eigenvalue weighted by Crippen LogP contribution is -2.37. The Labute approximate surface area is 498 Å². The lowest BCUT2D eigenvalue weighted by Gasteiger charge is -2.46. The molecule has 82 heavy (non-hydrogen) atoms. The molecule has 0 radical (unpaired) electrons. The van der Waals surface area contributed by atoms with Gasteiger partial charge in [-0.25, -0.2) is 0 Å². The first-order chi connectivity index (χ1) is 38.1. The quantitative estimate of drug-likeness (QED) is 0.0666. The molecular weight excluding hydrogens is 1070 g/mol. The Balaban J connectivity index is 0.819. The van der Waals surface area contributed by atoms with Crippen molar-refractivity contribution in [1.29, 1.82) is 0 Å². The highest BCUT2D eigenvalue weighted by Gasteiger charge is 2.46. The van der Waals surface area contributed by atoms with E-state index in [2.05, 4.69) is 124 Å². The number of carbonyl (C=O) groups is 2. The van der Waals surface area contributed by atoms with E-state index in [0.29, 0.717) is 99.1 Å². The smallest absolute Gasteiger partial charge is 0.306 e. The summed E-state index contributed by atoms with van der Waals surface area (Å²) in [5.74, 6) is 2.51. The fourth-order valence-electron chi connectivity index (χ4n) is 13.5. The van der Waals surface area contributed by atoms with Gasteiger partial charge in [-0.15, -0.1) is 30.0 Å². The predicted molar refractivity (Wildman–Crippen MR) is 331 cm³/mol. The van der Waals surface area contributed by atoms with E-state index in [-0.39, 0.29) is 68.8 Å². The summed E-state index contributed by atoms with van der Waals surface area (Å²) in [6, 6.07) is 18.4. The van der Waals surface area contributed by atoms with Gasteiger partial charge in [0.25, 0.3) is 0 Å². The minimum absolute atomic E-state index is 0.0340. The molecule has 12 nitrogen and oxygen atoms in total. The van der Waals surface area contributed by atoms with Gasteiger partial charge in [-0.3, -0.25) is 9.59 Å². The predicted octanol–water partition coefficient (Wildman–Crippen LogP) is 17.3. The van der Waals surface area contributed by atoms with Crippen LogP contribution in [0.5, 0.6) is 11.5 Å². The SMILES string of the molecule is CC(C)(C)CC1CC(COC(=O)CCc2cc(-n3nc4ccc(Cl)cc4n3)c(O)c(C(C)(C)C)c2)C(CC(C)(C)C(C)(C)CC2CCC(CC(C)(C)CCOC(=O)CCc3cc(-n4nc5ccc(Cl)cc5n4)c(O)c(C(C)(C)C)c3)C2)C1. The van der Waals surface area contributed by atoms with E-state index in [1.165, 1.54) is 41.7 Å². The van der Waals surface area contributed by atoms with E-state index in [1.807, 2.05) is 30.3 Å². The maximum absolute atomic E-state index is 13.7. The first-order valence-corrected chi connectivity index (χ1v) is 31.0. The lowest BCUT2D eigenvalue weighted by atomic mass is 9.60. The molecule has 6 aromatic rings. The molecule has 5 unspecified atom stereocenters. The minimum atomic E-state index is -0.368. The maximum atomic E-state index is 13.7. The summed E-state index contributed by atoms with van der Waals surface area (Å²) < 4.78 is 12.1. The number of hydrogen-bond acceptors (Lipinski definition) is 10. The molecular formula is C68H94Cl2N6O6. The minimum Gasteiger partial charge on any atom is -0.505 e. The number of esters is 2. The first-order valence-electron chi connectivity index (χ1n) is 30.2. The molecule has 2 fully saturated rings. The molecule has 2 heterocycles. The fraction of sp³-hybridized carbons (Fsp3) is 0.618. The van der Waals surface area contributed by atoms with Crippen LogP contribution < -0.4 is 0 Å². The molecule has 0 bridgehead atoms. The van der Waals surface area contributed by atoms with Gasteiger partial charge in [0, 0.05) is 34.0 Å². The van der Waals surface area contributed by atoms with Crippen molar-refractivity contribution in [3.63, 3.8) is 0 Å². The van der Waals surface area contributed by atoms with Crippen LogP contribution in [0.2, 0.25) is 10.0 Å². The highest BCUT2D eigenvalue weighted by atomic mass is 35.5. The Morgan fingerprint density at radius 1 is 0.537 bits per heavy atom. The van der Waals surface area contributed by atoms with Gasteiger partial charge >= 0.3 is 11.9 Å². The number of phenolic OH excluding ortho intramolecular Hbond substituents is 2. The molecule has 2 aliphatic rings. The van der Waals surface area contributed by atoms with Gasteiger partial charge in [0.15, 0.2) is 0 Å². The largest absolute Gasteiger partial charge is 0.505 e. The van der Waals surface area contributed by atoms with Crippen LogP contribution in [-0.2, 0) is 42.7 Å². The summed E-state index contributed by atoms with van der Waals surface area (Å²) in [5, 5.41) is 42.6. The topological polar surface area (TPSA) is 154 Å². The number of benzene rings is 4. The molecule has 2 N–H and O–H groups in total. The molecule has 0 aliphatic heterocycles. The molecule has 4 aromatic carbocycles. The van der Waals surface area contributed by atoms with E-state index in [1.54, 1.807) is 30.3 Å². The molecule has 2 saturated carbocycles. The monoisotopic (exact) mass is 1160 g/mol. The van der Waals surface area contributed by atoms with Crippen molar-refractivity contribution < 1.29 is 29.3 Å². The van der Waals surface area contributed by atoms with Crippen molar-refractivity contribution in [2.75, 3.05) is 13.2 Å². The number of aromatic hydroxyl groups is 2. The molecule has 2 aliphatic carbocycles. The van der Waals surface area contributed by atoms with Crippen molar-refractivity contribution in [3.8, 4) is 22.9 Å². The summed E-state index contributed by atoms with van der Waals surface area (Å²) in [4.78, 5) is 29.9. The number of halogens is 2. The standard InChI is InChI=1S/C68H94Cl2N6O6/c1-63(2,3)37-46-29-47(48(30-46)41-82-60(78)25-19-43-32-52(65(7,8)9)62(80)58(34-43)76-72-54-23-21-50(70)36-56(54)74-76)40-68(14,15)67(12,13)39-45-17-16-44(28-45)38-66(10,11)26-27-81-59(77)24-18-42-31-51(64(4,5)6)61(79)57(33-42)75-71-53-22-20-49(69)35-55(53)73-75/h20-23,31-36,44-48,79-80H,16-19,24-30,37-41H2,1-15H3. The summed E-state index contributed by atoms with van der Waals surface area (Å²) in [6.45, 7) is 34.8. The maximum Gasteiger partial charge on any atom is 0.306 e. The van der Waals surface area contributed by atoms with Crippen LogP contribution in [0.1, 0.15) is 203 Å². The first kappa shape index (κ1) is 62.8. The number of hydrogen-bond donors (Lipinski definition) is 2. The molecule has 0 amide bonds. The van der Waals surface area contributed by atoms with Crippen LogP contribution in [-0.4, -0.2) is 65.4 Å². The molecule has 5 atom stereocenters. The van der Waals surface area contributed by atoms with Crippen molar-refractivity contribution in [2.24, 2.45) is 51.2 Å². The zero-order chi connectivity index (χ0) is 59.9. The van der Waals surface area contributed by atoms with Crippen molar-refractivity contribution in [1.82, 2.24) is 30.0 Å². The second kappa shape index (κ2) is 24.4. The summed E-state index contributed by atoms with van der Waals surface area (Å²) in [7, 11) is 0. The molecule has 0 saturated heterocycles. The normalized spacial score (nSPS) is 19.4. The van der Waals surface area contributed by atoms with Crippen LogP contribution in [0.3, 0.4) is 0 Å². The highest BCUT2D eigenvalue weighted by Crippen LogP contribution is 2.55. The fourth-order valence-corrected chi connectivity index (χ4v) is 13.9. The van der Waals surface area contributed by atoms with E-state index in [4.69, 9.17) is 32.7 Å². The average Bonchev–Trinajstić information content (AvgIpc) is 3.26. The lowest BCUT2D eigenvalue weighted by molar-refractivity contribution is -0.146. The number of carbonyl (C=O) groups excluding carboxylic acids is 2. The molecule has 2 aromatic heterocycles. The van der Waals surface area contributed by atoms with Gasteiger partial charge in [-0.1, -0.05) is 152 Å². The van der Waals surface area contributed by atoms with Crippen LogP contribution in [0.25, 0.3) is 33.4 Å². The van der Waals surface area contributed by atoms with E-state index >= 15 is 0 Å². The number of phenols is 2. The van der Waals surface area contributed by atoms with E-state index in [0.717, 1.165) is 54.4 Å².